The summed E-state index contributed by atoms with van der Waals surface area (Å²) < 4.78 is 15.7. The van der Waals surface area contributed by atoms with Crippen molar-refractivity contribution < 1.29 is 28.9 Å². The lowest BCUT2D eigenvalue weighted by Crippen LogP contribution is -2.49. The summed E-state index contributed by atoms with van der Waals surface area (Å²) >= 11 is 0. The van der Waals surface area contributed by atoms with Crippen molar-refractivity contribution in [1.82, 2.24) is 4.90 Å². The zero-order valence-electron chi connectivity index (χ0n) is 11.3. The number of benzene rings is 1. The van der Waals surface area contributed by atoms with Gasteiger partial charge in [0.25, 0.3) is 5.91 Å². The number of carboxylic acid groups (broad SMARTS) is 1. The SMILES string of the molecule is O=C(O)C[C@@H]1COCCN1C(=O)c1ccc2c(c1)OCO2. The van der Waals surface area contributed by atoms with E-state index in [2.05, 4.69) is 0 Å². The van der Waals surface area contributed by atoms with E-state index < -0.39 is 12.0 Å². The Hall–Kier alpha value is -2.28. The number of amides is 1. The van der Waals surface area contributed by atoms with Gasteiger partial charge in [0.15, 0.2) is 11.5 Å². The molecule has 2 heterocycles. The van der Waals surface area contributed by atoms with Crippen LogP contribution >= 0.6 is 0 Å². The molecule has 1 amide bonds. The molecule has 0 aliphatic carbocycles. The first kappa shape index (κ1) is 13.7. The van der Waals surface area contributed by atoms with Crippen LogP contribution in [-0.2, 0) is 9.53 Å². The molecular formula is C14H15NO6. The highest BCUT2D eigenvalue weighted by Crippen LogP contribution is 2.33. The molecule has 1 aromatic carbocycles. The van der Waals surface area contributed by atoms with E-state index in [0.717, 1.165) is 0 Å². The number of ether oxygens (including phenoxy) is 3. The lowest BCUT2D eigenvalue weighted by Gasteiger charge is -2.34. The minimum absolute atomic E-state index is 0.129. The Bertz CT molecular complexity index is 573. The molecule has 7 nitrogen and oxygen atoms in total. The van der Waals surface area contributed by atoms with Gasteiger partial charge in [0.05, 0.1) is 25.7 Å². The van der Waals surface area contributed by atoms with Crippen molar-refractivity contribution in [3.63, 3.8) is 0 Å². The van der Waals surface area contributed by atoms with Gasteiger partial charge in [-0.2, -0.15) is 0 Å². The zero-order chi connectivity index (χ0) is 14.8. The Balaban J connectivity index is 1.80. The minimum atomic E-state index is -0.950. The fraction of sp³-hybridized carbons (Fsp3) is 0.429. The molecule has 0 unspecified atom stereocenters. The maximum absolute atomic E-state index is 12.6. The quantitative estimate of drug-likeness (QED) is 0.884. The van der Waals surface area contributed by atoms with Crippen molar-refractivity contribution in [3.8, 4) is 11.5 Å². The fourth-order valence-electron chi connectivity index (χ4n) is 2.49. The summed E-state index contributed by atoms with van der Waals surface area (Å²) in [5.41, 5.74) is 0.455. The Kier molecular flexibility index (Phi) is 3.66. The normalized spacial score (nSPS) is 20.4. The van der Waals surface area contributed by atoms with Gasteiger partial charge >= 0.3 is 5.97 Å². The molecule has 2 aliphatic rings. The monoisotopic (exact) mass is 293 g/mol. The number of morpholine rings is 1. The first-order chi connectivity index (χ1) is 10.1. The first-order valence-electron chi connectivity index (χ1n) is 6.65. The summed E-state index contributed by atoms with van der Waals surface area (Å²) in [5, 5.41) is 8.93. The highest BCUT2D eigenvalue weighted by molar-refractivity contribution is 5.95. The van der Waals surface area contributed by atoms with E-state index in [1.54, 1.807) is 23.1 Å². The van der Waals surface area contributed by atoms with Gasteiger partial charge in [0.1, 0.15) is 0 Å². The number of carboxylic acids is 1. The van der Waals surface area contributed by atoms with Crippen molar-refractivity contribution in [1.29, 1.82) is 0 Å². The van der Waals surface area contributed by atoms with Crippen LogP contribution in [0.4, 0.5) is 0 Å². The molecule has 1 atom stereocenters. The van der Waals surface area contributed by atoms with Crippen LogP contribution in [0.3, 0.4) is 0 Å². The highest BCUT2D eigenvalue weighted by Gasteiger charge is 2.30. The third kappa shape index (κ3) is 2.78. The predicted molar refractivity (Wildman–Crippen MR) is 70.5 cm³/mol. The van der Waals surface area contributed by atoms with Gasteiger partial charge in [-0.15, -0.1) is 0 Å². The van der Waals surface area contributed by atoms with Crippen LogP contribution in [-0.4, -0.2) is 54.5 Å². The molecule has 0 radical (unpaired) electrons. The van der Waals surface area contributed by atoms with Crippen molar-refractivity contribution in [2.45, 2.75) is 12.5 Å². The molecule has 3 rings (SSSR count). The number of nitrogens with zero attached hydrogens (tertiary/aromatic N) is 1. The zero-order valence-corrected chi connectivity index (χ0v) is 11.3. The molecule has 1 aromatic rings. The van der Waals surface area contributed by atoms with Gasteiger partial charge < -0.3 is 24.2 Å². The van der Waals surface area contributed by atoms with Crippen LogP contribution < -0.4 is 9.47 Å². The van der Waals surface area contributed by atoms with Crippen LogP contribution in [0.25, 0.3) is 0 Å². The van der Waals surface area contributed by atoms with Gasteiger partial charge in [-0.05, 0) is 18.2 Å². The molecule has 0 spiro atoms. The maximum atomic E-state index is 12.6. The average molecular weight is 293 g/mol. The Morgan fingerprint density at radius 3 is 2.90 bits per heavy atom. The van der Waals surface area contributed by atoms with Crippen molar-refractivity contribution in [3.05, 3.63) is 23.8 Å². The summed E-state index contributed by atoms with van der Waals surface area (Å²) in [5.74, 6) is -0.0312. The van der Waals surface area contributed by atoms with E-state index in [-0.39, 0.29) is 25.7 Å². The Morgan fingerprint density at radius 1 is 1.29 bits per heavy atom. The number of carbonyl (C=O) groups excluding carboxylic acids is 1. The van der Waals surface area contributed by atoms with E-state index in [9.17, 15) is 9.59 Å². The van der Waals surface area contributed by atoms with Gasteiger partial charge in [-0.1, -0.05) is 0 Å². The molecule has 2 aliphatic heterocycles. The molecule has 1 fully saturated rings. The topological polar surface area (TPSA) is 85.3 Å². The third-order valence-corrected chi connectivity index (χ3v) is 3.52. The number of hydrogen-bond donors (Lipinski definition) is 1. The van der Waals surface area contributed by atoms with E-state index >= 15 is 0 Å². The summed E-state index contributed by atoms with van der Waals surface area (Å²) in [6.45, 7) is 1.17. The van der Waals surface area contributed by atoms with Gasteiger partial charge in [0, 0.05) is 12.1 Å². The van der Waals surface area contributed by atoms with E-state index in [0.29, 0.717) is 30.2 Å². The number of hydrogen-bond acceptors (Lipinski definition) is 5. The standard InChI is InChI=1S/C14H15NO6/c16-13(17)6-10-7-19-4-3-15(10)14(18)9-1-2-11-12(5-9)21-8-20-11/h1-2,5,10H,3-4,6-8H2,(H,16,17)/t10-/m1/s1. The molecule has 0 bridgehead atoms. The van der Waals surface area contributed by atoms with Crippen molar-refractivity contribution >= 4 is 11.9 Å². The third-order valence-electron chi connectivity index (χ3n) is 3.52. The van der Waals surface area contributed by atoms with Crippen LogP contribution in [0.2, 0.25) is 0 Å². The Labute approximate surface area is 121 Å². The number of fused-ring (bicyclic) bond motifs is 1. The van der Waals surface area contributed by atoms with Crippen molar-refractivity contribution in [2.24, 2.45) is 0 Å². The Morgan fingerprint density at radius 2 is 2.10 bits per heavy atom. The largest absolute Gasteiger partial charge is 0.481 e. The van der Waals surface area contributed by atoms with E-state index in [1.807, 2.05) is 0 Å². The minimum Gasteiger partial charge on any atom is -0.481 e. The van der Waals surface area contributed by atoms with Gasteiger partial charge in [-0.25, -0.2) is 0 Å². The molecule has 1 N–H and O–H groups in total. The van der Waals surface area contributed by atoms with Crippen LogP contribution in [0, 0.1) is 0 Å². The molecule has 0 saturated carbocycles. The predicted octanol–water partition coefficient (Wildman–Crippen LogP) is 0.731. The molecule has 1 saturated heterocycles. The molecule has 112 valence electrons. The number of carbonyl (C=O) groups is 2. The van der Waals surface area contributed by atoms with Gasteiger partial charge in [-0.3, -0.25) is 9.59 Å². The second-order valence-electron chi connectivity index (χ2n) is 4.89. The molecule has 21 heavy (non-hydrogen) atoms. The second-order valence-corrected chi connectivity index (χ2v) is 4.89. The highest BCUT2D eigenvalue weighted by atomic mass is 16.7. The number of aliphatic carboxylic acids is 1. The first-order valence-corrected chi connectivity index (χ1v) is 6.65. The van der Waals surface area contributed by atoms with E-state index in [4.69, 9.17) is 19.3 Å². The lowest BCUT2D eigenvalue weighted by molar-refractivity contribution is -0.139. The van der Waals surface area contributed by atoms with Crippen LogP contribution in [0.1, 0.15) is 16.8 Å². The smallest absolute Gasteiger partial charge is 0.305 e. The summed E-state index contributed by atoms with van der Waals surface area (Å²) in [6.07, 6.45) is -0.129. The summed E-state index contributed by atoms with van der Waals surface area (Å²) in [7, 11) is 0. The molecule has 7 heteroatoms. The van der Waals surface area contributed by atoms with Crippen molar-refractivity contribution in [2.75, 3.05) is 26.6 Å². The maximum Gasteiger partial charge on any atom is 0.305 e. The lowest BCUT2D eigenvalue weighted by atomic mass is 10.1. The summed E-state index contributed by atoms with van der Waals surface area (Å²) in [6, 6.07) is 4.51. The second kappa shape index (κ2) is 5.61. The molecule has 0 aromatic heterocycles. The average Bonchev–Trinajstić information content (AvgIpc) is 2.94. The fourth-order valence-corrected chi connectivity index (χ4v) is 2.49. The number of rotatable bonds is 3. The van der Waals surface area contributed by atoms with Crippen LogP contribution in [0.15, 0.2) is 18.2 Å². The summed E-state index contributed by atoms with van der Waals surface area (Å²) in [4.78, 5) is 25.0. The van der Waals surface area contributed by atoms with E-state index in [1.165, 1.54) is 0 Å². The molecular weight excluding hydrogens is 278 g/mol. The van der Waals surface area contributed by atoms with Gasteiger partial charge in [0.2, 0.25) is 6.79 Å². The van der Waals surface area contributed by atoms with Crippen LogP contribution in [0.5, 0.6) is 11.5 Å².